The highest BCUT2D eigenvalue weighted by atomic mass is 16.4. The van der Waals surface area contributed by atoms with Gasteiger partial charge >= 0.3 is 5.97 Å². The van der Waals surface area contributed by atoms with Gasteiger partial charge < -0.3 is 14.4 Å². The van der Waals surface area contributed by atoms with Gasteiger partial charge in [-0.15, -0.1) is 0 Å². The van der Waals surface area contributed by atoms with E-state index in [2.05, 4.69) is 15.0 Å². The maximum Gasteiger partial charge on any atom is 0.323 e. The Morgan fingerprint density at radius 3 is 3.13 bits per heavy atom. The van der Waals surface area contributed by atoms with E-state index < -0.39 is 5.97 Å². The molecule has 0 spiro atoms. The zero-order valence-electron chi connectivity index (χ0n) is 7.91. The molecule has 15 heavy (non-hydrogen) atoms. The van der Waals surface area contributed by atoms with E-state index >= 15 is 0 Å². The molecule has 1 N–H and O–H groups in total. The highest BCUT2D eigenvalue weighted by Gasteiger charge is 2.10. The Morgan fingerprint density at radius 2 is 2.40 bits per heavy atom. The Balaban J connectivity index is 2.30. The van der Waals surface area contributed by atoms with Crippen LogP contribution in [0, 0.1) is 0 Å². The average Bonchev–Trinajstić information content (AvgIpc) is 2.62. The van der Waals surface area contributed by atoms with Crippen LogP contribution in [0.2, 0.25) is 0 Å². The van der Waals surface area contributed by atoms with Crippen molar-refractivity contribution in [2.75, 3.05) is 18.5 Å². The first-order chi connectivity index (χ1) is 7.16. The minimum absolute atomic E-state index is 0.167. The van der Waals surface area contributed by atoms with Crippen molar-refractivity contribution in [1.82, 2.24) is 15.0 Å². The fourth-order valence-electron chi connectivity index (χ4n) is 1.12. The fourth-order valence-corrected chi connectivity index (χ4v) is 1.12. The predicted octanol–water partition coefficient (Wildman–Crippen LogP) is 0.139. The minimum Gasteiger partial charge on any atom is -0.480 e. The molecular formula is C8H8N4O3. The van der Waals surface area contributed by atoms with Crippen molar-refractivity contribution in [2.45, 2.75) is 0 Å². The van der Waals surface area contributed by atoms with Gasteiger partial charge in [0.2, 0.25) is 5.95 Å². The molecule has 7 nitrogen and oxygen atoms in total. The van der Waals surface area contributed by atoms with Crippen LogP contribution in [0.1, 0.15) is 0 Å². The third kappa shape index (κ3) is 1.85. The second-order valence-electron chi connectivity index (χ2n) is 2.96. The minimum atomic E-state index is -0.946. The lowest BCUT2D eigenvalue weighted by atomic mass is 10.5. The van der Waals surface area contributed by atoms with Crippen LogP contribution in [-0.4, -0.2) is 39.6 Å². The van der Waals surface area contributed by atoms with Crippen molar-refractivity contribution >= 4 is 23.1 Å². The van der Waals surface area contributed by atoms with Crippen LogP contribution in [0.15, 0.2) is 17.0 Å². The number of carbonyl (C=O) groups is 1. The van der Waals surface area contributed by atoms with Crippen LogP contribution in [0.4, 0.5) is 5.95 Å². The average molecular weight is 208 g/mol. The van der Waals surface area contributed by atoms with Crippen LogP contribution < -0.4 is 4.90 Å². The normalized spacial score (nSPS) is 10.5. The lowest BCUT2D eigenvalue weighted by molar-refractivity contribution is -0.135. The quantitative estimate of drug-likeness (QED) is 0.766. The fraction of sp³-hybridized carbons (Fsp3) is 0.250. The predicted molar refractivity (Wildman–Crippen MR) is 50.5 cm³/mol. The second-order valence-corrected chi connectivity index (χ2v) is 2.96. The number of hydrogen-bond acceptors (Lipinski definition) is 6. The molecule has 0 unspecified atom stereocenters. The van der Waals surface area contributed by atoms with Gasteiger partial charge in [-0.05, 0) is 0 Å². The van der Waals surface area contributed by atoms with Crippen LogP contribution in [0.25, 0.3) is 11.2 Å². The number of oxazole rings is 1. The van der Waals surface area contributed by atoms with Crippen LogP contribution in [0.3, 0.4) is 0 Å². The van der Waals surface area contributed by atoms with E-state index in [4.69, 9.17) is 9.52 Å². The van der Waals surface area contributed by atoms with E-state index in [0.717, 1.165) is 0 Å². The van der Waals surface area contributed by atoms with Crippen molar-refractivity contribution in [3.63, 3.8) is 0 Å². The van der Waals surface area contributed by atoms with E-state index in [-0.39, 0.29) is 6.54 Å². The lowest BCUT2D eigenvalue weighted by Crippen LogP contribution is -2.26. The van der Waals surface area contributed by atoms with Crippen molar-refractivity contribution in [3.05, 3.63) is 12.6 Å². The number of nitrogens with zero attached hydrogens (tertiary/aromatic N) is 4. The van der Waals surface area contributed by atoms with Crippen molar-refractivity contribution in [1.29, 1.82) is 0 Å². The van der Waals surface area contributed by atoms with Crippen LogP contribution in [-0.2, 0) is 4.79 Å². The summed E-state index contributed by atoms with van der Waals surface area (Å²) in [5, 5.41) is 8.59. The first-order valence-electron chi connectivity index (χ1n) is 4.16. The number of anilines is 1. The summed E-state index contributed by atoms with van der Waals surface area (Å²) in [7, 11) is 1.59. The molecule has 0 bridgehead atoms. The van der Waals surface area contributed by atoms with E-state index in [1.54, 1.807) is 7.05 Å². The number of carboxylic acid groups (broad SMARTS) is 1. The number of aromatic nitrogens is 3. The Bertz CT molecular complexity index is 495. The van der Waals surface area contributed by atoms with E-state index in [1.165, 1.54) is 17.5 Å². The number of likely N-dealkylation sites (N-methyl/N-ethyl adjacent to an activating group) is 1. The van der Waals surface area contributed by atoms with Gasteiger partial charge in [-0.1, -0.05) is 0 Å². The third-order valence-corrected chi connectivity index (χ3v) is 1.79. The van der Waals surface area contributed by atoms with Gasteiger partial charge in [-0.25, -0.2) is 9.97 Å². The summed E-state index contributed by atoms with van der Waals surface area (Å²) in [5.74, 6) is -0.652. The van der Waals surface area contributed by atoms with Gasteiger partial charge in [0, 0.05) is 7.05 Å². The molecule has 78 valence electrons. The summed E-state index contributed by atoms with van der Waals surface area (Å²) in [4.78, 5) is 23.7. The largest absolute Gasteiger partial charge is 0.480 e. The third-order valence-electron chi connectivity index (χ3n) is 1.79. The molecule has 2 rings (SSSR count). The molecule has 0 aliphatic heterocycles. The summed E-state index contributed by atoms with van der Waals surface area (Å²) >= 11 is 0. The molecule has 0 aliphatic carbocycles. The lowest BCUT2D eigenvalue weighted by Gasteiger charge is -2.12. The molecule has 7 heteroatoms. The van der Waals surface area contributed by atoms with E-state index in [0.29, 0.717) is 17.2 Å². The SMILES string of the molecule is CN(CC(=O)O)c1ncc2ncoc2n1. The van der Waals surface area contributed by atoms with Gasteiger partial charge in [-0.2, -0.15) is 4.98 Å². The summed E-state index contributed by atoms with van der Waals surface area (Å²) < 4.78 is 4.98. The second kappa shape index (κ2) is 3.52. The Kier molecular flexibility index (Phi) is 2.20. The first-order valence-corrected chi connectivity index (χ1v) is 4.16. The summed E-state index contributed by atoms with van der Waals surface area (Å²) in [6, 6.07) is 0. The van der Waals surface area contributed by atoms with E-state index in [9.17, 15) is 4.79 Å². The van der Waals surface area contributed by atoms with Crippen molar-refractivity contribution < 1.29 is 14.3 Å². The first kappa shape index (κ1) is 9.38. The number of carboxylic acids is 1. The smallest absolute Gasteiger partial charge is 0.323 e. The molecule has 2 aromatic heterocycles. The highest BCUT2D eigenvalue weighted by Crippen LogP contribution is 2.11. The molecule has 0 aromatic carbocycles. The number of aliphatic carboxylic acids is 1. The van der Waals surface area contributed by atoms with Gasteiger partial charge in [0.15, 0.2) is 6.39 Å². The highest BCUT2D eigenvalue weighted by molar-refractivity contribution is 5.73. The van der Waals surface area contributed by atoms with Crippen molar-refractivity contribution in [2.24, 2.45) is 0 Å². The molecule has 0 atom stereocenters. The summed E-state index contributed by atoms with van der Waals surface area (Å²) in [6.07, 6.45) is 2.75. The maximum absolute atomic E-state index is 10.5. The number of rotatable bonds is 3. The standard InChI is InChI=1S/C8H8N4O3/c1-12(3-6(13)14)8-9-2-5-7(11-8)15-4-10-5/h2,4H,3H2,1H3,(H,13,14). The molecule has 2 heterocycles. The molecule has 0 amide bonds. The Hall–Kier alpha value is -2.18. The molecule has 0 radical (unpaired) electrons. The Morgan fingerprint density at radius 1 is 1.60 bits per heavy atom. The molecule has 0 fully saturated rings. The monoisotopic (exact) mass is 208 g/mol. The number of hydrogen-bond donors (Lipinski definition) is 1. The van der Waals surface area contributed by atoms with E-state index in [1.807, 2.05) is 0 Å². The zero-order valence-corrected chi connectivity index (χ0v) is 7.91. The maximum atomic E-state index is 10.5. The topological polar surface area (TPSA) is 92.4 Å². The van der Waals surface area contributed by atoms with Crippen LogP contribution in [0.5, 0.6) is 0 Å². The van der Waals surface area contributed by atoms with Crippen LogP contribution >= 0.6 is 0 Å². The molecule has 2 aromatic rings. The molecule has 0 aliphatic rings. The molecular weight excluding hydrogens is 200 g/mol. The summed E-state index contributed by atoms with van der Waals surface area (Å²) in [6.45, 7) is -0.167. The van der Waals surface area contributed by atoms with Gasteiger partial charge in [0.25, 0.3) is 5.71 Å². The van der Waals surface area contributed by atoms with Crippen molar-refractivity contribution in [3.8, 4) is 0 Å². The number of fused-ring (bicyclic) bond motifs is 1. The molecule has 0 saturated heterocycles. The van der Waals surface area contributed by atoms with Gasteiger partial charge in [0.1, 0.15) is 12.1 Å². The van der Waals surface area contributed by atoms with Gasteiger partial charge in [0.05, 0.1) is 6.20 Å². The molecule has 0 saturated carbocycles. The summed E-state index contributed by atoms with van der Waals surface area (Å²) in [5.41, 5.74) is 0.889. The Labute approximate surface area is 84.4 Å². The van der Waals surface area contributed by atoms with Gasteiger partial charge in [-0.3, -0.25) is 4.79 Å². The zero-order chi connectivity index (χ0) is 10.8.